The summed E-state index contributed by atoms with van der Waals surface area (Å²) in [7, 11) is 1.73. The second-order valence-corrected chi connectivity index (χ2v) is 10.3. The van der Waals surface area contributed by atoms with Gasteiger partial charge in [0, 0.05) is 30.9 Å². The molecule has 5 rings (SSSR count). The van der Waals surface area contributed by atoms with Crippen molar-refractivity contribution in [2.24, 2.45) is 0 Å². The topological polar surface area (TPSA) is 136 Å². The summed E-state index contributed by atoms with van der Waals surface area (Å²) >= 11 is 5.98. The Balaban J connectivity index is 1.43. The van der Waals surface area contributed by atoms with E-state index in [1.807, 2.05) is 43.3 Å². The van der Waals surface area contributed by atoms with Crippen LogP contribution in [-0.2, 0) is 20.8 Å². The molecule has 12 heteroatoms. The van der Waals surface area contributed by atoms with Crippen LogP contribution < -0.4 is 15.5 Å². The number of anilines is 1. The minimum absolute atomic E-state index is 0.192. The molecular formula is C30H29ClN8O3. The predicted octanol–water partition coefficient (Wildman–Crippen LogP) is 2.71. The van der Waals surface area contributed by atoms with Crippen molar-refractivity contribution < 1.29 is 14.4 Å². The van der Waals surface area contributed by atoms with Gasteiger partial charge >= 0.3 is 0 Å². The van der Waals surface area contributed by atoms with Gasteiger partial charge < -0.3 is 20.9 Å². The molecule has 1 aromatic heterocycles. The van der Waals surface area contributed by atoms with Crippen LogP contribution in [0.25, 0.3) is 5.69 Å². The number of rotatable bonds is 8. The number of benzene rings is 2. The summed E-state index contributed by atoms with van der Waals surface area (Å²) < 4.78 is 1.45. The normalized spacial score (nSPS) is 17.0. The van der Waals surface area contributed by atoms with E-state index >= 15 is 0 Å². The minimum atomic E-state index is -0.954. The first-order valence-corrected chi connectivity index (χ1v) is 13.6. The number of carbonyl (C=O) groups is 3. The maximum absolute atomic E-state index is 13.7. The van der Waals surface area contributed by atoms with Gasteiger partial charge in [-0.25, -0.2) is 4.68 Å². The lowest BCUT2D eigenvalue weighted by atomic mass is 10.0. The number of amides is 3. The zero-order valence-corrected chi connectivity index (χ0v) is 23.8. The van der Waals surface area contributed by atoms with Crippen LogP contribution in [0.4, 0.5) is 5.69 Å². The first-order chi connectivity index (χ1) is 20.2. The van der Waals surface area contributed by atoms with Crippen LogP contribution in [0.5, 0.6) is 0 Å². The van der Waals surface area contributed by atoms with E-state index in [1.54, 1.807) is 43.6 Å². The Labute approximate surface area is 247 Å². The molecule has 1 fully saturated rings. The lowest BCUT2D eigenvalue weighted by molar-refractivity contribution is -0.145. The number of halogens is 1. The highest BCUT2D eigenvalue weighted by Gasteiger charge is 2.39. The Morgan fingerprint density at radius 1 is 1.10 bits per heavy atom. The third kappa shape index (κ3) is 6.16. The number of nitrogens with zero attached hydrogens (tertiary/aromatic N) is 5. The van der Waals surface area contributed by atoms with Crippen LogP contribution in [0, 0.1) is 12.3 Å². The van der Waals surface area contributed by atoms with Gasteiger partial charge in [-0.15, -0.1) is 5.10 Å². The van der Waals surface area contributed by atoms with Crippen molar-refractivity contribution in [2.75, 3.05) is 25.0 Å². The summed E-state index contributed by atoms with van der Waals surface area (Å²) in [5.41, 5.74) is 4.13. The van der Waals surface area contributed by atoms with E-state index in [-0.39, 0.29) is 36.5 Å². The van der Waals surface area contributed by atoms with Crippen LogP contribution in [0.15, 0.2) is 90.4 Å². The Hall–Kier alpha value is -5.03. The van der Waals surface area contributed by atoms with Crippen molar-refractivity contribution in [1.29, 1.82) is 5.41 Å². The summed E-state index contributed by atoms with van der Waals surface area (Å²) in [5.74, 6) is -1.15. The summed E-state index contributed by atoms with van der Waals surface area (Å²) in [6.45, 7) is 1.34. The molecule has 2 heterocycles. The van der Waals surface area contributed by atoms with E-state index in [0.29, 0.717) is 28.4 Å². The minimum Gasteiger partial charge on any atom is -0.393 e. The molecule has 1 aliphatic heterocycles. The number of nitrogens with one attached hydrogen (secondary N) is 3. The van der Waals surface area contributed by atoms with E-state index in [2.05, 4.69) is 20.9 Å². The Kier molecular flexibility index (Phi) is 8.30. The fraction of sp³-hybridized carbons (Fsp3) is 0.200. The quantitative estimate of drug-likeness (QED) is 0.372. The second-order valence-electron chi connectivity index (χ2n) is 9.91. The number of piperazine rings is 1. The van der Waals surface area contributed by atoms with Gasteiger partial charge in [0.25, 0.3) is 0 Å². The number of aromatic nitrogens is 3. The highest BCUT2D eigenvalue weighted by molar-refractivity contribution is 6.29. The smallest absolute Gasteiger partial charge is 0.247 e. The van der Waals surface area contributed by atoms with Crippen LogP contribution in [-0.4, -0.2) is 69.5 Å². The van der Waals surface area contributed by atoms with Gasteiger partial charge in [0.1, 0.15) is 19.1 Å². The molecule has 3 aromatic rings. The molecule has 2 aromatic carbocycles. The Morgan fingerprint density at radius 3 is 2.60 bits per heavy atom. The average Bonchev–Trinajstić information content (AvgIpc) is 3.41. The van der Waals surface area contributed by atoms with E-state index in [1.165, 1.54) is 20.7 Å². The molecule has 1 saturated heterocycles. The number of allylic oxidation sites excluding steroid dienone is 4. The molecule has 0 radical (unpaired) electrons. The fourth-order valence-electron chi connectivity index (χ4n) is 4.86. The lowest BCUT2D eigenvalue weighted by Crippen LogP contribution is -2.60. The van der Waals surface area contributed by atoms with Gasteiger partial charge in [0.15, 0.2) is 5.15 Å². The Morgan fingerprint density at radius 2 is 1.88 bits per heavy atom. The van der Waals surface area contributed by atoms with E-state index in [4.69, 9.17) is 17.0 Å². The summed E-state index contributed by atoms with van der Waals surface area (Å²) in [4.78, 5) is 43.8. The molecule has 214 valence electrons. The van der Waals surface area contributed by atoms with Crippen molar-refractivity contribution in [3.05, 3.63) is 107 Å². The van der Waals surface area contributed by atoms with Crippen molar-refractivity contribution in [2.45, 2.75) is 19.4 Å². The molecule has 0 spiro atoms. The summed E-state index contributed by atoms with van der Waals surface area (Å²) in [5, 5.41) is 21.9. The molecule has 2 aliphatic rings. The van der Waals surface area contributed by atoms with E-state index in [0.717, 1.165) is 11.1 Å². The molecule has 42 heavy (non-hydrogen) atoms. The van der Waals surface area contributed by atoms with Gasteiger partial charge in [-0.05, 0) is 48.4 Å². The lowest BCUT2D eigenvalue weighted by Gasteiger charge is -2.38. The maximum Gasteiger partial charge on any atom is 0.247 e. The van der Waals surface area contributed by atoms with E-state index in [9.17, 15) is 14.4 Å². The maximum atomic E-state index is 13.7. The molecular weight excluding hydrogens is 556 g/mol. The monoisotopic (exact) mass is 584 g/mol. The second kappa shape index (κ2) is 12.2. The molecule has 3 N–H and O–H groups in total. The predicted molar refractivity (Wildman–Crippen MR) is 159 cm³/mol. The average molecular weight is 585 g/mol. The molecule has 0 saturated carbocycles. The molecule has 0 bridgehead atoms. The highest BCUT2D eigenvalue weighted by Crippen LogP contribution is 2.29. The van der Waals surface area contributed by atoms with Crippen molar-refractivity contribution in [3.63, 3.8) is 0 Å². The zero-order valence-electron chi connectivity index (χ0n) is 23.0. The number of hydrogen-bond donors (Lipinski definition) is 3. The van der Waals surface area contributed by atoms with Crippen molar-refractivity contribution in [3.8, 4) is 5.69 Å². The Bertz CT molecular complexity index is 1640. The largest absolute Gasteiger partial charge is 0.393 e. The molecule has 1 atom stereocenters. The van der Waals surface area contributed by atoms with Crippen LogP contribution in [0.2, 0.25) is 5.15 Å². The van der Waals surface area contributed by atoms with Gasteiger partial charge in [0.2, 0.25) is 17.7 Å². The van der Waals surface area contributed by atoms with Crippen molar-refractivity contribution >= 4 is 40.7 Å². The first kappa shape index (κ1) is 28.5. The molecule has 1 unspecified atom stereocenters. The summed E-state index contributed by atoms with van der Waals surface area (Å²) in [6.07, 6.45) is 8.29. The summed E-state index contributed by atoms with van der Waals surface area (Å²) in [6, 6.07) is 13.8. The van der Waals surface area contributed by atoms with Crippen LogP contribution in [0.1, 0.15) is 11.1 Å². The van der Waals surface area contributed by atoms with Gasteiger partial charge in [-0.2, -0.15) is 0 Å². The fourth-order valence-corrected chi connectivity index (χ4v) is 4.99. The first-order valence-electron chi connectivity index (χ1n) is 13.2. The van der Waals surface area contributed by atoms with E-state index < -0.39 is 11.9 Å². The molecule has 11 nitrogen and oxygen atoms in total. The number of hydrogen-bond acceptors (Lipinski definition) is 7. The highest BCUT2D eigenvalue weighted by atomic mass is 35.5. The third-order valence-electron chi connectivity index (χ3n) is 6.92. The number of carbonyl (C=O) groups excluding carboxylic acids is 3. The van der Waals surface area contributed by atoms with Gasteiger partial charge in [0.05, 0.1) is 23.3 Å². The molecule has 1 aliphatic carbocycles. The molecule has 3 amide bonds. The third-order valence-corrected chi connectivity index (χ3v) is 7.10. The zero-order chi connectivity index (χ0) is 29.8. The standard InChI is InChI=1S/C30H29ClN8O3/c1-19-8-11-24(39-16-27(31)35-36-39)25(12-19)37-17-29(41)38(18-28(37)40)26(13-20-6-4-3-5-7-20)30(42)34-22-9-10-23(32)21(14-22)15-33-2/h3-12,14-16,26,32-33H,13,17-18H2,1-2H3,(H,34,42)/b21-15-,32-23?. The van der Waals surface area contributed by atoms with Gasteiger partial charge in [-0.1, -0.05) is 53.2 Å². The van der Waals surface area contributed by atoms with Crippen molar-refractivity contribution in [1.82, 2.24) is 30.5 Å². The number of aryl methyl sites for hydroxylation is 1. The van der Waals surface area contributed by atoms with Gasteiger partial charge in [-0.3, -0.25) is 19.3 Å². The van der Waals surface area contributed by atoms with Crippen LogP contribution >= 0.6 is 11.6 Å². The SMILES string of the molecule is CN/C=C1/C=C(NC(=O)C(Cc2ccccc2)N2CC(=O)N(c3cc(C)ccc3-n3cc(Cl)nn3)CC2=O)C=CC1=N. The van der Waals surface area contributed by atoms with Crippen LogP contribution in [0.3, 0.4) is 0 Å².